The second-order valence-corrected chi connectivity index (χ2v) is 7.02. The van der Waals surface area contributed by atoms with Crippen LogP contribution in [0.15, 0.2) is 0 Å². The summed E-state index contributed by atoms with van der Waals surface area (Å²) in [6, 6.07) is 0. The van der Waals surface area contributed by atoms with Crippen molar-refractivity contribution in [3.63, 3.8) is 0 Å². The van der Waals surface area contributed by atoms with Gasteiger partial charge in [-0.15, -0.1) is 0 Å². The number of carbonyl (C=O) groups is 1. The van der Waals surface area contributed by atoms with Crippen molar-refractivity contribution in [1.29, 1.82) is 0 Å². The fourth-order valence-electron chi connectivity index (χ4n) is 4.90. The Balaban J connectivity index is 1.94. The maximum atomic E-state index is 10.6. The van der Waals surface area contributed by atoms with E-state index < -0.39 is 5.97 Å². The van der Waals surface area contributed by atoms with Crippen molar-refractivity contribution in [3.05, 3.63) is 0 Å². The zero-order chi connectivity index (χ0) is 14.0. The van der Waals surface area contributed by atoms with Crippen LogP contribution in [0.2, 0.25) is 0 Å². The van der Waals surface area contributed by atoms with Gasteiger partial charge in [0.1, 0.15) is 0 Å². The monoisotopic (exact) mass is 268 g/mol. The van der Waals surface area contributed by atoms with E-state index in [9.17, 15) is 9.90 Å². The molecule has 2 saturated carbocycles. The highest BCUT2D eigenvalue weighted by Gasteiger charge is 2.51. The lowest BCUT2D eigenvalue weighted by Gasteiger charge is -2.45. The number of carboxylic acids is 1. The molecule has 3 nitrogen and oxygen atoms in total. The van der Waals surface area contributed by atoms with Crippen LogP contribution in [0.5, 0.6) is 0 Å². The molecule has 2 aliphatic rings. The molecular formula is C16H28O3. The van der Waals surface area contributed by atoms with Crippen LogP contribution in [0.25, 0.3) is 0 Å². The Hall–Kier alpha value is -0.570. The van der Waals surface area contributed by atoms with Gasteiger partial charge in [0.15, 0.2) is 0 Å². The van der Waals surface area contributed by atoms with Crippen LogP contribution in [-0.2, 0) is 4.79 Å². The first-order chi connectivity index (χ1) is 8.95. The zero-order valence-corrected chi connectivity index (χ0v) is 12.3. The fourth-order valence-corrected chi connectivity index (χ4v) is 4.90. The lowest BCUT2D eigenvalue weighted by molar-refractivity contribution is -0.137. The quantitative estimate of drug-likeness (QED) is 0.803. The Morgan fingerprint density at radius 1 is 1.37 bits per heavy atom. The Kier molecular flexibility index (Phi) is 4.54. The first kappa shape index (κ1) is 14.8. The van der Waals surface area contributed by atoms with E-state index in [4.69, 9.17) is 5.11 Å². The molecule has 0 aliphatic heterocycles. The second kappa shape index (κ2) is 5.82. The maximum Gasteiger partial charge on any atom is 0.303 e. The summed E-state index contributed by atoms with van der Waals surface area (Å²) in [7, 11) is 0. The van der Waals surface area contributed by atoms with Crippen LogP contribution < -0.4 is 0 Å². The van der Waals surface area contributed by atoms with Gasteiger partial charge in [-0.3, -0.25) is 4.79 Å². The van der Waals surface area contributed by atoms with E-state index in [1.165, 1.54) is 12.8 Å². The lowest BCUT2D eigenvalue weighted by atomic mass is 9.61. The van der Waals surface area contributed by atoms with Crippen LogP contribution in [0.3, 0.4) is 0 Å². The van der Waals surface area contributed by atoms with Gasteiger partial charge in [0.25, 0.3) is 0 Å². The highest BCUT2D eigenvalue weighted by Crippen LogP contribution is 2.58. The number of carboxylic acid groups (broad SMARTS) is 1. The van der Waals surface area contributed by atoms with E-state index in [0.29, 0.717) is 29.6 Å². The van der Waals surface area contributed by atoms with E-state index in [1.54, 1.807) is 0 Å². The molecular weight excluding hydrogens is 240 g/mol. The smallest absolute Gasteiger partial charge is 0.303 e. The van der Waals surface area contributed by atoms with Gasteiger partial charge in [0.2, 0.25) is 0 Å². The average molecular weight is 268 g/mol. The van der Waals surface area contributed by atoms with Gasteiger partial charge in [-0.05, 0) is 61.7 Å². The Morgan fingerprint density at radius 2 is 2.11 bits per heavy atom. The van der Waals surface area contributed by atoms with Gasteiger partial charge in [-0.1, -0.05) is 20.3 Å². The van der Waals surface area contributed by atoms with Crippen molar-refractivity contribution in [2.75, 3.05) is 0 Å². The minimum atomic E-state index is -0.684. The minimum absolute atomic E-state index is 0.102. The Labute approximate surface area is 116 Å². The van der Waals surface area contributed by atoms with Crippen LogP contribution in [-0.4, -0.2) is 22.3 Å². The van der Waals surface area contributed by atoms with Crippen molar-refractivity contribution in [2.45, 2.75) is 71.3 Å². The summed E-state index contributed by atoms with van der Waals surface area (Å²) >= 11 is 0. The van der Waals surface area contributed by atoms with E-state index in [2.05, 4.69) is 13.8 Å². The van der Waals surface area contributed by atoms with Crippen molar-refractivity contribution in [3.8, 4) is 0 Å². The molecule has 0 aromatic carbocycles. The summed E-state index contributed by atoms with van der Waals surface area (Å²) in [5.41, 5.74) is 0.292. The summed E-state index contributed by atoms with van der Waals surface area (Å²) in [6.07, 6.45) is 7.72. The van der Waals surface area contributed by atoms with E-state index >= 15 is 0 Å². The first-order valence-corrected chi connectivity index (χ1v) is 7.85. The molecule has 2 fully saturated rings. The molecule has 0 bridgehead atoms. The van der Waals surface area contributed by atoms with E-state index in [1.807, 2.05) is 0 Å². The first-order valence-electron chi connectivity index (χ1n) is 7.85. The number of aliphatic hydroxyl groups is 1. The van der Waals surface area contributed by atoms with Gasteiger partial charge >= 0.3 is 5.97 Å². The molecule has 0 aromatic heterocycles. The van der Waals surface area contributed by atoms with Crippen molar-refractivity contribution in [2.24, 2.45) is 23.2 Å². The summed E-state index contributed by atoms with van der Waals surface area (Å²) in [5, 5.41) is 18.9. The topological polar surface area (TPSA) is 57.5 Å². The molecule has 5 atom stereocenters. The molecule has 2 aliphatic carbocycles. The van der Waals surface area contributed by atoms with Crippen molar-refractivity contribution in [1.82, 2.24) is 0 Å². The molecule has 0 amide bonds. The van der Waals surface area contributed by atoms with Gasteiger partial charge in [0, 0.05) is 6.42 Å². The number of fused-ring (bicyclic) bond motifs is 1. The third-order valence-corrected chi connectivity index (χ3v) is 5.90. The normalized spacial score (nSPS) is 39.8. The molecule has 2 rings (SSSR count). The third-order valence-electron chi connectivity index (χ3n) is 5.90. The number of aliphatic hydroxyl groups excluding tert-OH is 1. The van der Waals surface area contributed by atoms with Gasteiger partial charge in [0.05, 0.1) is 6.10 Å². The standard InChI is InChI=1S/C16H28O3/c1-11(5-3-7-15(18)19)12-8-9-13-14(17)6-4-10-16(12,13)2/h11-14,17H,3-10H2,1-2H3,(H,18,19)/t11-,12-,13+,14-,16-/m1/s1. The largest absolute Gasteiger partial charge is 0.481 e. The summed E-state index contributed by atoms with van der Waals surface area (Å²) in [5.74, 6) is 1.05. The zero-order valence-electron chi connectivity index (χ0n) is 12.3. The highest BCUT2D eigenvalue weighted by atomic mass is 16.4. The maximum absolute atomic E-state index is 10.6. The summed E-state index contributed by atoms with van der Waals surface area (Å²) < 4.78 is 0. The molecule has 0 aromatic rings. The summed E-state index contributed by atoms with van der Waals surface area (Å²) in [4.78, 5) is 10.6. The number of aliphatic carboxylic acids is 1. The molecule has 0 saturated heterocycles. The van der Waals surface area contributed by atoms with Crippen LogP contribution in [0.4, 0.5) is 0 Å². The number of rotatable bonds is 5. The van der Waals surface area contributed by atoms with Crippen LogP contribution in [0, 0.1) is 23.2 Å². The molecule has 110 valence electrons. The second-order valence-electron chi connectivity index (χ2n) is 7.02. The molecule has 0 radical (unpaired) electrons. The molecule has 2 N–H and O–H groups in total. The van der Waals surface area contributed by atoms with Crippen molar-refractivity contribution >= 4 is 5.97 Å². The van der Waals surface area contributed by atoms with E-state index in [-0.39, 0.29) is 6.10 Å². The van der Waals surface area contributed by atoms with Gasteiger partial charge in [-0.25, -0.2) is 0 Å². The predicted octanol–water partition coefficient (Wildman–Crippen LogP) is 3.45. The van der Waals surface area contributed by atoms with Crippen molar-refractivity contribution < 1.29 is 15.0 Å². The minimum Gasteiger partial charge on any atom is -0.481 e. The Morgan fingerprint density at radius 3 is 2.79 bits per heavy atom. The van der Waals surface area contributed by atoms with E-state index in [0.717, 1.165) is 32.1 Å². The Bertz CT molecular complexity index is 328. The molecule has 19 heavy (non-hydrogen) atoms. The van der Waals surface area contributed by atoms with Gasteiger partial charge in [-0.2, -0.15) is 0 Å². The predicted molar refractivity (Wildman–Crippen MR) is 74.8 cm³/mol. The number of hydrogen-bond acceptors (Lipinski definition) is 2. The lowest BCUT2D eigenvalue weighted by Crippen LogP contribution is -2.41. The summed E-state index contributed by atoms with van der Waals surface area (Å²) in [6.45, 7) is 4.65. The molecule has 0 heterocycles. The van der Waals surface area contributed by atoms with Gasteiger partial charge < -0.3 is 10.2 Å². The average Bonchev–Trinajstić information content (AvgIpc) is 2.67. The SMILES string of the molecule is C[C@H](CCCC(=O)O)[C@H]1CC[C@H]2[C@H](O)CCC[C@]12C. The fraction of sp³-hybridized carbons (Fsp3) is 0.938. The number of hydrogen-bond donors (Lipinski definition) is 2. The molecule has 0 spiro atoms. The highest BCUT2D eigenvalue weighted by molar-refractivity contribution is 5.66. The van der Waals surface area contributed by atoms with Crippen LogP contribution >= 0.6 is 0 Å². The third kappa shape index (κ3) is 2.96. The van der Waals surface area contributed by atoms with Crippen LogP contribution in [0.1, 0.15) is 65.2 Å². The molecule has 0 unspecified atom stereocenters. The molecule has 3 heteroatoms.